The lowest BCUT2D eigenvalue weighted by molar-refractivity contribution is -0.386. The maximum Gasteiger partial charge on any atom is 0.311 e. The second kappa shape index (κ2) is 6.80. The van der Waals surface area contributed by atoms with Crippen molar-refractivity contribution < 1.29 is 18.8 Å². The fourth-order valence-electron chi connectivity index (χ4n) is 1.90. The van der Waals surface area contributed by atoms with Crippen LogP contribution >= 0.6 is 0 Å². The molecule has 0 saturated heterocycles. The number of halogens is 1. The number of hydrogen-bond donors (Lipinski definition) is 0. The standard InChI is InChI=1S/C16H14FNO4/c1-2-15(19)12-5-8-16(14(9-12)18(20)21)22-10-11-3-6-13(17)7-4-11/h3-9H,2,10H2,1H3. The summed E-state index contributed by atoms with van der Waals surface area (Å²) in [5, 5.41) is 11.1. The van der Waals surface area contributed by atoms with Crippen LogP contribution in [0.5, 0.6) is 5.75 Å². The number of ether oxygens (including phenoxy) is 1. The van der Waals surface area contributed by atoms with Gasteiger partial charge in [-0.2, -0.15) is 0 Å². The number of benzene rings is 2. The van der Waals surface area contributed by atoms with Crippen LogP contribution in [0.1, 0.15) is 29.3 Å². The molecule has 5 nitrogen and oxygen atoms in total. The molecule has 0 N–H and O–H groups in total. The summed E-state index contributed by atoms with van der Waals surface area (Å²) in [7, 11) is 0. The molecule has 6 heteroatoms. The Morgan fingerprint density at radius 1 is 1.23 bits per heavy atom. The minimum Gasteiger partial charge on any atom is -0.482 e. The van der Waals surface area contributed by atoms with Crippen LogP contribution < -0.4 is 4.74 Å². The van der Waals surface area contributed by atoms with Gasteiger partial charge in [0.2, 0.25) is 0 Å². The van der Waals surface area contributed by atoms with E-state index in [9.17, 15) is 19.3 Å². The van der Waals surface area contributed by atoms with Crippen LogP contribution in [0.3, 0.4) is 0 Å². The molecule has 22 heavy (non-hydrogen) atoms. The van der Waals surface area contributed by atoms with Gasteiger partial charge in [0.05, 0.1) is 4.92 Å². The van der Waals surface area contributed by atoms with Crippen molar-refractivity contribution in [3.63, 3.8) is 0 Å². The summed E-state index contributed by atoms with van der Waals surface area (Å²) < 4.78 is 18.2. The third-order valence-corrected chi connectivity index (χ3v) is 3.11. The molecule has 0 radical (unpaired) electrons. The normalized spacial score (nSPS) is 10.3. The van der Waals surface area contributed by atoms with Crippen molar-refractivity contribution in [1.82, 2.24) is 0 Å². The van der Waals surface area contributed by atoms with Gasteiger partial charge in [-0.1, -0.05) is 19.1 Å². The molecular weight excluding hydrogens is 289 g/mol. The highest BCUT2D eigenvalue weighted by molar-refractivity contribution is 5.96. The monoisotopic (exact) mass is 303 g/mol. The molecule has 0 bridgehead atoms. The number of carbonyl (C=O) groups excluding carboxylic acids is 1. The predicted molar refractivity (Wildman–Crippen MR) is 78.4 cm³/mol. The van der Waals surface area contributed by atoms with Crippen LogP contribution in [-0.2, 0) is 6.61 Å². The largest absolute Gasteiger partial charge is 0.482 e. The van der Waals surface area contributed by atoms with Gasteiger partial charge in [-0.15, -0.1) is 0 Å². The molecule has 0 spiro atoms. The number of carbonyl (C=O) groups is 1. The smallest absolute Gasteiger partial charge is 0.311 e. The first-order valence-corrected chi connectivity index (χ1v) is 6.70. The van der Waals surface area contributed by atoms with E-state index in [0.29, 0.717) is 5.56 Å². The fraction of sp³-hybridized carbons (Fsp3) is 0.188. The number of nitro benzene ring substituents is 1. The first kappa shape index (κ1) is 15.6. The first-order chi connectivity index (χ1) is 10.5. The fourth-order valence-corrected chi connectivity index (χ4v) is 1.90. The quantitative estimate of drug-likeness (QED) is 0.461. The zero-order chi connectivity index (χ0) is 16.1. The van der Waals surface area contributed by atoms with E-state index < -0.39 is 4.92 Å². The third-order valence-electron chi connectivity index (χ3n) is 3.11. The Balaban J connectivity index is 2.21. The summed E-state index contributed by atoms with van der Waals surface area (Å²) in [5.41, 5.74) is 0.703. The number of hydrogen-bond acceptors (Lipinski definition) is 4. The Morgan fingerprint density at radius 2 is 1.91 bits per heavy atom. The van der Waals surface area contributed by atoms with Crippen molar-refractivity contribution >= 4 is 11.5 Å². The summed E-state index contributed by atoms with van der Waals surface area (Å²) >= 11 is 0. The van der Waals surface area contributed by atoms with E-state index in [-0.39, 0.29) is 41.6 Å². The summed E-state index contributed by atoms with van der Waals surface area (Å²) in [6.45, 7) is 1.76. The Bertz CT molecular complexity index is 698. The highest BCUT2D eigenvalue weighted by Crippen LogP contribution is 2.29. The van der Waals surface area contributed by atoms with Gasteiger partial charge in [0.25, 0.3) is 0 Å². The Morgan fingerprint density at radius 3 is 2.50 bits per heavy atom. The van der Waals surface area contributed by atoms with E-state index in [1.54, 1.807) is 6.92 Å². The van der Waals surface area contributed by atoms with Gasteiger partial charge in [0.15, 0.2) is 11.5 Å². The Kier molecular flexibility index (Phi) is 4.83. The van der Waals surface area contributed by atoms with Gasteiger partial charge < -0.3 is 4.74 Å². The molecule has 2 rings (SSSR count). The van der Waals surface area contributed by atoms with Gasteiger partial charge in [-0.25, -0.2) is 4.39 Å². The van der Waals surface area contributed by atoms with Crippen LogP contribution in [0.25, 0.3) is 0 Å². The van der Waals surface area contributed by atoms with Gasteiger partial charge in [0.1, 0.15) is 12.4 Å². The van der Waals surface area contributed by atoms with Crippen LogP contribution in [0.2, 0.25) is 0 Å². The van der Waals surface area contributed by atoms with Crippen molar-refractivity contribution in [2.45, 2.75) is 20.0 Å². The summed E-state index contributed by atoms with van der Waals surface area (Å²) in [6.07, 6.45) is 0.271. The number of nitro groups is 1. The minimum atomic E-state index is -0.591. The maximum atomic E-state index is 12.8. The second-order valence-corrected chi connectivity index (χ2v) is 4.63. The van der Waals surface area contributed by atoms with Gasteiger partial charge in [-0.3, -0.25) is 14.9 Å². The third kappa shape index (κ3) is 3.66. The molecule has 0 unspecified atom stereocenters. The molecular formula is C16H14FNO4. The number of nitrogens with zero attached hydrogens (tertiary/aromatic N) is 1. The van der Waals surface area contributed by atoms with E-state index in [1.165, 1.54) is 42.5 Å². The van der Waals surface area contributed by atoms with E-state index >= 15 is 0 Å². The van der Waals surface area contributed by atoms with Gasteiger partial charge in [0, 0.05) is 18.1 Å². The maximum absolute atomic E-state index is 12.8. The molecule has 114 valence electrons. The minimum absolute atomic E-state index is 0.0713. The zero-order valence-corrected chi connectivity index (χ0v) is 11.9. The Labute approximate surface area is 126 Å². The zero-order valence-electron chi connectivity index (χ0n) is 11.9. The molecule has 0 fully saturated rings. The predicted octanol–water partition coefficient (Wildman–Crippen LogP) is 3.91. The van der Waals surface area contributed by atoms with Crippen molar-refractivity contribution in [3.8, 4) is 5.75 Å². The topological polar surface area (TPSA) is 69.4 Å². The molecule has 0 aliphatic rings. The van der Waals surface area contributed by atoms with Gasteiger partial charge in [-0.05, 0) is 29.8 Å². The summed E-state index contributed by atoms with van der Waals surface area (Å²) in [5.74, 6) is -0.465. The lowest BCUT2D eigenvalue weighted by Crippen LogP contribution is -2.02. The van der Waals surface area contributed by atoms with Crippen molar-refractivity contribution in [3.05, 3.63) is 69.5 Å². The average Bonchev–Trinajstić information content (AvgIpc) is 2.53. The Hall–Kier alpha value is -2.76. The lowest BCUT2D eigenvalue weighted by Gasteiger charge is -2.08. The molecule has 0 aromatic heterocycles. The molecule has 2 aromatic carbocycles. The van der Waals surface area contributed by atoms with E-state index in [0.717, 1.165) is 0 Å². The van der Waals surface area contributed by atoms with Crippen molar-refractivity contribution in [2.75, 3.05) is 0 Å². The highest BCUT2D eigenvalue weighted by atomic mass is 19.1. The summed E-state index contributed by atoms with van der Waals surface area (Å²) in [6, 6.07) is 9.77. The van der Waals surface area contributed by atoms with Crippen molar-refractivity contribution in [1.29, 1.82) is 0 Å². The molecule has 2 aromatic rings. The number of rotatable bonds is 6. The van der Waals surface area contributed by atoms with E-state index in [4.69, 9.17) is 4.74 Å². The van der Waals surface area contributed by atoms with Crippen LogP contribution in [0, 0.1) is 15.9 Å². The van der Waals surface area contributed by atoms with Crippen LogP contribution in [-0.4, -0.2) is 10.7 Å². The molecule has 0 aliphatic heterocycles. The molecule has 0 atom stereocenters. The summed E-state index contributed by atoms with van der Waals surface area (Å²) in [4.78, 5) is 22.1. The lowest BCUT2D eigenvalue weighted by atomic mass is 10.1. The molecule has 0 amide bonds. The first-order valence-electron chi connectivity index (χ1n) is 6.70. The molecule has 0 heterocycles. The van der Waals surface area contributed by atoms with E-state index in [2.05, 4.69) is 0 Å². The average molecular weight is 303 g/mol. The highest BCUT2D eigenvalue weighted by Gasteiger charge is 2.18. The SMILES string of the molecule is CCC(=O)c1ccc(OCc2ccc(F)cc2)c([N+](=O)[O-])c1. The van der Waals surface area contributed by atoms with Crippen molar-refractivity contribution in [2.24, 2.45) is 0 Å². The van der Waals surface area contributed by atoms with E-state index in [1.807, 2.05) is 0 Å². The number of ketones is 1. The molecule has 0 saturated carbocycles. The van der Waals surface area contributed by atoms with Crippen LogP contribution in [0.4, 0.5) is 10.1 Å². The van der Waals surface area contributed by atoms with Gasteiger partial charge >= 0.3 is 5.69 Å². The van der Waals surface area contributed by atoms with Crippen LogP contribution in [0.15, 0.2) is 42.5 Å². The second-order valence-electron chi connectivity index (χ2n) is 4.63. The molecule has 0 aliphatic carbocycles. The number of Topliss-reactive ketones (excluding diaryl/α,β-unsaturated/α-hetero) is 1.